The van der Waals surface area contributed by atoms with Crippen LogP contribution in [0.25, 0.3) is 10.8 Å². The van der Waals surface area contributed by atoms with Gasteiger partial charge in [-0.2, -0.15) is 0 Å². The van der Waals surface area contributed by atoms with Gasteiger partial charge in [-0.05, 0) is 23.6 Å². The average Bonchev–Trinajstić information content (AvgIpc) is 2.40. The van der Waals surface area contributed by atoms with Gasteiger partial charge in [0.05, 0.1) is 0 Å². The van der Waals surface area contributed by atoms with E-state index >= 15 is 0 Å². The van der Waals surface area contributed by atoms with Crippen LogP contribution in [0.15, 0.2) is 35.3 Å². The van der Waals surface area contributed by atoms with Crippen LogP contribution in [-0.2, 0) is 0 Å². The molecule has 3 rings (SSSR count). The number of hydrogen-bond acceptors (Lipinski definition) is 3. The Hall–Kier alpha value is -1.81. The van der Waals surface area contributed by atoms with E-state index in [1.54, 1.807) is 6.20 Å². The Morgan fingerprint density at radius 3 is 2.76 bits per heavy atom. The molecule has 0 saturated carbocycles. The number of rotatable bonds is 1. The molecule has 4 heteroatoms. The molecule has 0 aliphatic carbocycles. The fourth-order valence-corrected chi connectivity index (χ4v) is 2.29. The monoisotopic (exact) mass is 229 g/mol. The summed E-state index contributed by atoms with van der Waals surface area (Å²) >= 11 is 0. The predicted octanol–water partition coefficient (Wildman–Crippen LogP) is 0.938. The van der Waals surface area contributed by atoms with Crippen molar-refractivity contribution in [2.75, 3.05) is 31.1 Å². The summed E-state index contributed by atoms with van der Waals surface area (Å²) < 4.78 is 0. The second-order valence-electron chi connectivity index (χ2n) is 4.32. The molecular formula is C13H15N3O. The maximum Gasteiger partial charge on any atom is 0.255 e. The molecule has 0 unspecified atom stereocenters. The SMILES string of the molecule is O=c1[nH]ccc2ccc(N3CCNCC3)cc12. The number of anilines is 1. The van der Waals surface area contributed by atoms with E-state index in [9.17, 15) is 4.79 Å². The summed E-state index contributed by atoms with van der Waals surface area (Å²) in [5.74, 6) is 0. The predicted molar refractivity (Wildman–Crippen MR) is 69.7 cm³/mol. The molecule has 0 radical (unpaired) electrons. The van der Waals surface area contributed by atoms with Gasteiger partial charge in [0.1, 0.15) is 0 Å². The van der Waals surface area contributed by atoms with Crippen molar-refractivity contribution in [3.8, 4) is 0 Å². The lowest BCUT2D eigenvalue weighted by molar-refractivity contribution is 0.589. The number of aromatic nitrogens is 1. The van der Waals surface area contributed by atoms with Gasteiger partial charge in [-0.25, -0.2) is 0 Å². The molecule has 1 saturated heterocycles. The minimum Gasteiger partial charge on any atom is -0.369 e. The zero-order chi connectivity index (χ0) is 11.7. The first-order valence-corrected chi connectivity index (χ1v) is 5.92. The van der Waals surface area contributed by atoms with Crippen LogP contribution in [0.2, 0.25) is 0 Å². The molecule has 1 aliphatic heterocycles. The van der Waals surface area contributed by atoms with E-state index in [0.717, 1.165) is 42.6 Å². The topological polar surface area (TPSA) is 48.1 Å². The third-order valence-electron chi connectivity index (χ3n) is 3.24. The molecular weight excluding hydrogens is 214 g/mol. The molecule has 1 fully saturated rings. The molecule has 88 valence electrons. The zero-order valence-corrected chi connectivity index (χ0v) is 9.57. The lowest BCUT2D eigenvalue weighted by Gasteiger charge is -2.29. The smallest absolute Gasteiger partial charge is 0.255 e. The van der Waals surface area contributed by atoms with Crippen molar-refractivity contribution in [2.45, 2.75) is 0 Å². The van der Waals surface area contributed by atoms with Crippen molar-refractivity contribution in [3.63, 3.8) is 0 Å². The number of nitrogens with zero attached hydrogens (tertiary/aromatic N) is 1. The van der Waals surface area contributed by atoms with Crippen molar-refractivity contribution in [3.05, 3.63) is 40.8 Å². The summed E-state index contributed by atoms with van der Waals surface area (Å²) in [5.41, 5.74) is 1.12. The van der Waals surface area contributed by atoms with Crippen molar-refractivity contribution >= 4 is 16.5 Å². The van der Waals surface area contributed by atoms with Crippen LogP contribution in [0.3, 0.4) is 0 Å². The van der Waals surface area contributed by atoms with E-state index in [0.29, 0.717) is 0 Å². The van der Waals surface area contributed by atoms with Gasteiger partial charge in [0.15, 0.2) is 0 Å². The second kappa shape index (κ2) is 4.22. The third-order valence-corrected chi connectivity index (χ3v) is 3.24. The summed E-state index contributed by atoms with van der Waals surface area (Å²) in [5, 5.41) is 5.08. The lowest BCUT2D eigenvalue weighted by atomic mass is 10.1. The van der Waals surface area contributed by atoms with E-state index in [-0.39, 0.29) is 5.56 Å². The summed E-state index contributed by atoms with van der Waals surface area (Å²) in [6.45, 7) is 4.00. The number of aromatic amines is 1. The fourth-order valence-electron chi connectivity index (χ4n) is 2.29. The number of hydrogen-bond donors (Lipinski definition) is 2. The van der Waals surface area contributed by atoms with Crippen molar-refractivity contribution in [1.29, 1.82) is 0 Å². The maximum atomic E-state index is 11.7. The van der Waals surface area contributed by atoms with Gasteiger partial charge < -0.3 is 15.2 Å². The van der Waals surface area contributed by atoms with Crippen molar-refractivity contribution < 1.29 is 0 Å². The van der Waals surface area contributed by atoms with Crippen LogP contribution in [0.5, 0.6) is 0 Å². The van der Waals surface area contributed by atoms with Gasteiger partial charge in [-0.3, -0.25) is 4.79 Å². The largest absolute Gasteiger partial charge is 0.369 e. The number of pyridine rings is 1. The highest BCUT2D eigenvalue weighted by Gasteiger charge is 2.11. The highest BCUT2D eigenvalue weighted by molar-refractivity contribution is 5.84. The van der Waals surface area contributed by atoms with E-state index < -0.39 is 0 Å². The minimum absolute atomic E-state index is 0.0144. The molecule has 4 nitrogen and oxygen atoms in total. The van der Waals surface area contributed by atoms with Crippen LogP contribution in [-0.4, -0.2) is 31.2 Å². The second-order valence-corrected chi connectivity index (χ2v) is 4.32. The van der Waals surface area contributed by atoms with E-state index in [4.69, 9.17) is 0 Å². The molecule has 0 bridgehead atoms. The van der Waals surface area contributed by atoms with Gasteiger partial charge in [0.25, 0.3) is 5.56 Å². The molecule has 17 heavy (non-hydrogen) atoms. The van der Waals surface area contributed by atoms with Crippen molar-refractivity contribution in [2.24, 2.45) is 0 Å². The van der Waals surface area contributed by atoms with Gasteiger partial charge in [0, 0.05) is 43.4 Å². The van der Waals surface area contributed by atoms with Crippen molar-refractivity contribution in [1.82, 2.24) is 10.3 Å². The van der Waals surface area contributed by atoms with Crippen LogP contribution < -0.4 is 15.8 Å². The fraction of sp³-hybridized carbons (Fsp3) is 0.308. The Labute approximate surface area is 99.3 Å². The normalized spacial score (nSPS) is 16.4. The molecule has 0 amide bonds. The quantitative estimate of drug-likeness (QED) is 0.765. The summed E-state index contributed by atoms with van der Waals surface area (Å²) in [7, 11) is 0. The molecule has 1 aromatic heterocycles. The number of benzene rings is 1. The molecule has 0 atom stereocenters. The highest BCUT2D eigenvalue weighted by atomic mass is 16.1. The number of piperazine rings is 1. The first-order chi connectivity index (χ1) is 8.34. The third kappa shape index (κ3) is 1.91. The highest BCUT2D eigenvalue weighted by Crippen LogP contribution is 2.19. The van der Waals surface area contributed by atoms with Crippen LogP contribution in [0, 0.1) is 0 Å². The molecule has 0 spiro atoms. The van der Waals surface area contributed by atoms with Gasteiger partial charge >= 0.3 is 0 Å². The lowest BCUT2D eigenvalue weighted by Crippen LogP contribution is -2.43. The maximum absolute atomic E-state index is 11.7. The summed E-state index contributed by atoms with van der Waals surface area (Å²) in [6, 6.07) is 8.02. The first-order valence-electron chi connectivity index (χ1n) is 5.92. The first kappa shape index (κ1) is 10.4. The Balaban J connectivity index is 2.06. The Kier molecular flexibility index (Phi) is 2.57. The molecule has 2 N–H and O–H groups in total. The number of fused-ring (bicyclic) bond motifs is 1. The van der Waals surface area contributed by atoms with Crippen LogP contribution in [0.1, 0.15) is 0 Å². The summed E-state index contributed by atoms with van der Waals surface area (Å²) in [4.78, 5) is 16.8. The summed E-state index contributed by atoms with van der Waals surface area (Å²) in [6.07, 6.45) is 1.69. The zero-order valence-electron chi connectivity index (χ0n) is 9.57. The average molecular weight is 229 g/mol. The molecule has 2 aromatic rings. The standard InChI is InChI=1S/C13H15N3O/c17-13-12-9-11(16-7-5-14-6-8-16)2-1-10(12)3-4-15-13/h1-4,9,14H,5-8H2,(H,15,17). The molecule has 2 heterocycles. The molecule has 1 aromatic carbocycles. The Morgan fingerprint density at radius 1 is 1.12 bits per heavy atom. The van der Waals surface area contributed by atoms with Gasteiger partial charge in [-0.1, -0.05) is 6.07 Å². The van der Waals surface area contributed by atoms with E-state index in [2.05, 4.69) is 21.3 Å². The van der Waals surface area contributed by atoms with E-state index in [1.807, 2.05) is 18.2 Å². The Bertz CT molecular complexity index is 584. The molecule has 1 aliphatic rings. The van der Waals surface area contributed by atoms with Gasteiger partial charge in [0.2, 0.25) is 0 Å². The number of nitrogens with one attached hydrogen (secondary N) is 2. The van der Waals surface area contributed by atoms with E-state index in [1.165, 1.54) is 0 Å². The Morgan fingerprint density at radius 2 is 1.94 bits per heavy atom. The number of H-pyrrole nitrogens is 1. The van der Waals surface area contributed by atoms with Crippen LogP contribution >= 0.6 is 0 Å². The minimum atomic E-state index is -0.0144. The van der Waals surface area contributed by atoms with Gasteiger partial charge in [-0.15, -0.1) is 0 Å². The van der Waals surface area contributed by atoms with Crippen LogP contribution in [0.4, 0.5) is 5.69 Å².